The van der Waals surface area contributed by atoms with E-state index in [0.29, 0.717) is 12.1 Å². The average molecular weight is 302 g/mol. The topological polar surface area (TPSA) is 83.0 Å². The van der Waals surface area contributed by atoms with Gasteiger partial charge in [0.1, 0.15) is 0 Å². The van der Waals surface area contributed by atoms with Crippen LogP contribution in [0.15, 0.2) is 24.3 Å². The third kappa shape index (κ3) is 3.51. The van der Waals surface area contributed by atoms with Gasteiger partial charge in [0.2, 0.25) is 0 Å². The van der Waals surface area contributed by atoms with E-state index in [1.54, 1.807) is 16.8 Å². The molecule has 2 N–H and O–H groups in total. The number of esters is 1. The van der Waals surface area contributed by atoms with Crippen molar-refractivity contribution < 1.29 is 9.53 Å². The number of rotatable bonds is 6. The van der Waals surface area contributed by atoms with Crippen molar-refractivity contribution in [1.29, 1.82) is 0 Å². The minimum atomic E-state index is -0.340. The summed E-state index contributed by atoms with van der Waals surface area (Å²) < 4.78 is 6.97. The largest absolute Gasteiger partial charge is 0.459 e. The summed E-state index contributed by atoms with van der Waals surface area (Å²) >= 11 is 0. The Balaban J connectivity index is 2.37. The van der Waals surface area contributed by atoms with Gasteiger partial charge in [-0.05, 0) is 38.5 Å². The molecular formula is C16H22N4O2. The highest BCUT2D eigenvalue weighted by Gasteiger charge is 2.15. The smallest absolute Gasteiger partial charge is 0.338 e. The number of benzene rings is 1. The number of hydrogen-bond donors (Lipinski definition) is 1. The molecule has 2 rings (SSSR count). The first-order valence-electron chi connectivity index (χ1n) is 7.51. The number of nitrogens with zero attached hydrogens (tertiary/aromatic N) is 3. The third-order valence-corrected chi connectivity index (χ3v) is 3.19. The van der Waals surface area contributed by atoms with Crippen LogP contribution in [0, 0.1) is 0 Å². The summed E-state index contributed by atoms with van der Waals surface area (Å²) in [6.07, 6.45) is 1.65. The highest BCUT2D eigenvalue weighted by atomic mass is 16.5. The molecule has 1 aromatic carbocycles. The Morgan fingerprint density at radius 1 is 1.41 bits per heavy atom. The van der Waals surface area contributed by atoms with Crippen molar-refractivity contribution in [2.75, 3.05) is 0 Å². The monoisotopic (exact) mass is 302 g/mol. The molecule has 0 unspecified atom stereocenters. The molecule has 0 spiro atoms. The number of hydrogen-bond acceptors (Lipinski definition) is 5. The summed E-state index contributed by atoms with van der Waals surface area (Å²) in [5, 5.41) is 8.30. The van der Waals surface area contributed by atoms with Crippen LogP contribution >= 0.6 is 0 Å². The van der Waals surface area contributed by atoms with Gasteiger partial charge in [0.25, 0.3) is 0 Å². The highest BCUT2D eigenvalue weighted by molar-refractivity contribution is 5.90. The summed E-state index contributed by atoms with van der Waals surface area (Å²) in [7, 11) is 0. The maximum Gasteiger partial charge on any atom is 0.338 e. The third-order valence-electron chi connectivity index (χ3n) is 3.19. The zero-order valence-electron chi connectivity index (χ0n) is 13.2. The fourth-order valence-corrected chi connectivity index (χ4v) is 2.23. The second-order valence-corrected chi connectivity index (χ2v) is 5.35. The van der Waals surface area contributed by atoms with Gasteiger partial charge in [0, 0.05) is 6.54 Å². The molecule has 6 heteroatoms. The summed E-state index contributed by atoms with van der Waals surface area (Å²) in [5.74, 6) is -0.340. The average Bonchev–Trinajstić information content (AvgIpc) is 2.90. The second-order valence-electron chi connectivity index (χ2n) is 5.35. The fraction of sp³-hybridized carbons (Fsp3) is 0.438. The lowest BCUT2D eigenvalue weighted by Gasteiger charge is -2.10. The van der Waals surface area contributed by atoms with Crippen LogP contribution in [0.3, 0.4) is 0 Å². The molecule has 118 valence electrons. The van der Waals surface area contributed by atoms with Crippen molar-refractivity contribution in [1.82, 2.24) is 15.0 Å². The lowest BCUT2D eigenvalue weighted by atomic mass is 10.1. The van der Waals surface area contributed by atoms with Gasteiger partial charge in [0.05, 0.1) is 28.7 Å². The van der Waals surface area contributed by atoms with Crippen molar-refractivity contribution in [2.24, 2.45) is 5.73 Å². The van der Waals surface area contributed by atoms with Crippen molar-refractivity contribution in [3.05, 3.63) is 41.2 Å². The van der Waals surface area contributed by atoms with Gasteiger partial charge in [-0.2, -0.15) is 0 Å². The highest BCUT2D eigenvalue weighted by Crippen LogP contribution is 2.17. The first-order chi connectivity index (χ1) is 10.6. The molecule has 0 radical (unpaired) electrons. The van der Waals surface area contributed by atoms with E-state index in [1.807, 2.05) is 26.0 Å². The summed E-state index contributed by atoms with van der Waals surface area (Å²) in [6.45, 7) is 6.09. The molecule has 2 aromatic rings. The SMILES string of the molecule is CCCc1c(CN)nnn1-c1cccc(C(=O)OC(C)C)c1. The van der Waals surface area contributed by atoms with Crippen LogP contribution < -0.4 is 5.73 Å². The molecule has 0 saturated carbocycles. The molecule has 0 fully saturated rings. The Morgan fingerprint density at radius 2 is 2.18 bits per heavy atom. The zero-order valence-corrected chi connectivity index (χ0v) is 13.2. The Kier molecular flexibility index (Phi) is 5.27. The van der Waals surface area contributed by atoms with Gasteiger partial charge in [-0.15, -0.1) is 5.10 Å². The van der Waals surface area contributed by atoms with Gasteiger partial charge >= 0.3 is 5.97 Å². The van der Waals surface area contributed by atoms with E-state index in [2.05, 4.69) is 17.2 Å². The quantitative estimate of drug-likeness (QED) is 0.827. The summed E-state index contributed by atoms with van der Waals surface area (Å²) in [5.41, 5.74) is 8.77. The Morgan fingerprint density at radius 3 is 2.82 bits per heavy atom. The van der Waals surface area contributed by atoms with E-state index in [0.717, 1.165) is 29.9 Å². The van der Waals surface area contributed by atoms with E-state index in [1.165, 1.54) is 0 Å². The van der Waals surface area contributed by atoms with E-state index < -0.39 is 0 Å². The molecule has 0 bridgehead atoms. The molecule has 0 amide bonds. The Hall–Kier alpha value is -2.21. The molecule has 1 aromatic heterocycles. The first kappa shape index (κ1) is 16.2. The van der Waals surface area contributed by atoms with Crippen LogP contribution in [0.25, 0.3) is 5.69 Å². The summed E-state index contributed by atoms with van der Waals surface area (Å²) in [4.78, 5) is 12.0. The lowest BCUT2D eigenvalue weighted by Crippen LogP contribution is -2.12. The fourth-order valence-electron chi connectivity index (χ4n) is 2.23. The molecule has 0 saturated heterocycles. The molecule has 6 nitrogen and oxygen atoms in total. The number of carbonyl (C=O) groups is 1. The molecule has 22 heavy (non-hydrogen) atoms. The number of nitrogens with two attached hydrogens (primary N) is 1. The maximum atomic E-state index is 12.0. The minimum Gasteiger partial charge on any atom is -0.459 e. The normalized spacial score (nSPS) is 11.0. The molecule has 0 aliphatic carbocycles. The van der Waals surface area contributed by atoms with Crippen molar-refractivity contribution in [2.45, 2.75) is 46.3 Å². The predicted molar refractivity (Wildman–Crippen MR) is 83.8 cm³/mol. The molecule has 0 atom stereocenters. The van der Waals surface area contributed by atoms with Crippen LogP contribution in [-0.4, -0.2) is 27.1 Å². The Bertz CT molecular complexity index is 649. The zero-order chi connectivity index (χ0) is 16.1. The van der Waals surface area contributed by atoms with E-state index >= 15 is 0 Å². The van der Waals surface area contributed by atoms with Gasteiger partial charge in [0.15, 0.2) is 0 Å². The van der Waals surface area contributed by atoms with Crippen molar-refractivity contribution in [3.63, 3.8) is 0 Å². The predicted octanol–water partition coefficient (Wildman–Crippen LogP) is 2.24. The number of carbonyl (C=O) groups excluding carboxylic acids is 1. The molecule has 0 aliphatic rings. The van der Waals surface area contributed by atoms with E-state index in [-0.39, 0.29) is 12.1 Å². The van der Waals surface area contributed by atoms with Gasteiger partial charge < -0.3 is 10.5 Å². The van der Waals surface area contributed by atoms with E-state index in [9.17, 15) is 4.79 Å². The minimum absolute atomic E-state index is 0.151. The maximum absolute atomic E-state index is 12.0. The van der Waals surface area contributed by atoms with Crippen LogP contribution in [0.5, 0.6) is 0 Å². The molecular weight excluding hydrogens is 280 g/mol. The van der Waals surface area contributed by atoms with Crippen LogP contribution in [0.1, 0.15) is 48.9 Å². The van der Waals surface area contributed by atoms with Crippen molar-refractivity contribution in [3.8, 4) is 5.69 Å². The first-order valence-corrected chi connectivity index (χ1v) is 7.51. The lowest BCUT2D eigenvalue weighted by molar-refractivity contribution is 0.0378. The van der Waals surface area contributed by atoms with Crippen LogP contribution in [-0.2, 0) is 17.7 Å². The second kappa shape index (κ2) is 7.17. The van der Waals surface area contributed by atoms with Gasteiger partial charge in [-0.25, -0.2) is 9.48 Å². The standard InChI is InChI=1S/C16H22N4O2/c1-4-6-15-14(10-17)18-19-20(15)13-8-5-7-12(9-13)16(21)22-11(2)3/h5,7-9,11H,4,6,10,17H2,1-3H3. The number of ether oxygens (including phenoxy) is 1. The van der Waals surface area contributed by atoms with Crippen molar-refractivity contribution >= 4 is 5.97 Å². The number of aromatic nitrogens is 3. The van der Waals surface area contributed by atoms with Gasteiger partial charge in [-0.1, -0.05) is 24.6 Å². The molecule has 1 heterocycles. The van der Waals surface area contributed by atoms with Crippen LogP contribution in [0.2, 0.25) is 0 Å². The summed E-state index contributed by atoms with van der Waals surface area (Å²) in [6, 6.07) is 7.19. The Labute approximate surface area is 130 Å². The van der Waals surface area contributed by atoms with Crippen LogP contribution in [0.4, 0.5) is 0 Å². The molecule has 0 aliphatic heterocycles. The van der Waals surface area contributed by atoms with E-state index in [4.69, 9.17) is 10.5 Å². The van der Waals surface area contributed by atoms with Gasteiger partial charge in [-0.3, -0.25) is 0 Å².